The molecule has 2 aliphatic rings. The molecule has 2 rings (SSSR count). The lowest BCUT2D eigenvalue weighted by Crippen LogP contribution is -2.47. The summed E-state index contributed by atoms with van der Waals surface area (Å²) in [5, 5.41) is 16.4. The third kappa shape index (κ3) is 3.28. The standard InChI is InChI=1S/C11H18ClN3O2/c12-9-2-1-8(13)10(15-9)14-7-11(16)3-5-17-6-4-11/h1-2,9,14-16H,3-7,13H2. The van der Waals surface area contributed by atoms with Crippen LogP contribution in [0.2, 0.25) is 0 Å². The quantitative estimate of drug-likeness (QED) is 0.423. The van der Waals surface area contributed by atoms with Crippen LogP contribution in [0.25, 0.3) is 0 Å². The predicted molar refractivity (Wildman–Crippen MR) is 66.1 cm³/mol. The molecule has 0 spiro atoms. The Morgan fingerprint density at radius 2 is 2.29 bits per heavy atom. The van der Waals surface area contributed by atoms with E-state index in [1.54, 1.807) is 12.2 Å². The zero-order chi connectivity index (χ0) is 12.3. The molecule has 0 amide bonds. The first kappa shape index (κ1) is 12.5. The summed E-state index contributed by atoms with van der Waals surface area (Å²) in [4.78, 5) is 0. The van der Waals surface area contributed by atoms with Gasteiger partial charge in [0.2, 0.25) is 0 Å². The second kappa shape index (κ2) is 5.16. The highest BCUT2D eigenvalue weighted by molar-refractivity contribution is 6.21. The third-order valence-electron chi connectivity index (χ3n) is 3.03. The molecule has 2 aliphatic heterocycles. The summed E-state index contributed by atoms with van der Waals surface area (Å²) in [6, 6.07) is 0. The highest BCUT2D eigenvalue weighted by Crippen LogP contribution is 2.20. The van der Waals surface area contributed by atoms with Crippen LogP contribution in [0.3, 0.4) is 0 Å². The normalized spacial score (nSPS) is 27.8. The van der Waals surface area contributed by atoms with Crippen LogP contribution in [0.1, 0.15) is 12.8 Å². The number of hydrogen-bond acceptors (Lipinski definition) is 5. The van der Waals surface area contributed by atoms with Crippen molar-refractivity contribution in [2.45, 2.75) is 23.9 Å². The van der Waals surface area contributed by atoms with Crippen LogP contribution in [-0.4, -0.2) is 36.0 Å². The average Bonchev–Trinajstić information content (AvgIpc) is 2.31. The first-order chi connectivity index (χ1) is 8.09. The van der Waals surface area contributed by atoms with Gasteiger partial charge in [0.15, 0.2) is 0 Å². The van der Waals surface area contributed by atoms with Crippen LogP contribution in [-0.2, 0) is 4.74 Å². The maximum Gasteiger partial charge on any atom is 0.124 e. The molecule has 0 aromatic carbocycles. The zero-order valence-electron chi connectivity index (χ0n) is 9.58. The van der Waals surface area contributed by atoms with Crippen molar-refractivity contribution in [2.24, 2.45) is 5.73 Å². The molecule has 0 radical (unpaired) electrons. The van der Waals surface area contributed by atoms with Crippen LogP contribution in [0.5, 0.6) is 0 Å². The second-order valence-corrected chi connectivity index (χ2v) is 4.90. The molecule has 5 nitrogen and oxygen atoms in total. The third-order valence-corrected chi connectivity index (χ3v) is 3.29. The Hall–Kier alpha value is -0.910. The molecular formula is C11H18ClN3O2. The molecule has 1 fully saturated rings. The molecule has 2 heterocycles. The van der Waals surface area contributed by atoms with Gasteiger partial charge < -0.3 is 26.2 Å². The minimum Gasteiger partial charge on any atom is -0.396 e. The fourth-order valence-corrected chi connectivity index (χ4v) is 2.06. The molecule has 5 N–H and O–H groups in total. The molecule has 1 saturated heterocycles. The Labute approximate surface area is 106 Å². The van der Waals surface area contributed by atoms with Gasteiger partial charge in [0.1, 0.15) is 11.3 Å². The fourth-order valence-electron chi connectivity index (χ4n) is 1.87. The van der Waals surface area contributed by atoms with Crippen LogP contribution >= 0.6 is 11.6 Å². The van der Waals surface area contributed by atoms with E-state index in [4.69, 9.17) is 22.1 Å². The Balaban J connectivity index is 1.91. The summed E-state index contributed by atoms with van der Waals surface area (Å²) in [7, 11) is 0. The summed E-state index contributed by atoms with van der Waals surface area (Å²) in [5.74, 6) is 0.674. The molecule has 0 aromatic rings. The van der Waals surface area contributed by atoms with E-state index in [0.717, 1.165) is 0 Å². The van der Waals surface area contributed by atoms with E-state index in [2.05, 4.69) is 10.6 Å². The fraction of sp³-hybridized carbons (Fsp3) is 0.636. The summed E-state index contributed by atoms with van der Waals surface area (Å²) in [5.41, 5.74) is 5.40. The van der Waals surface area contributed by atoms with Crippen LogP contribution in [0.4, 0.5) is 0 Å². The molecule has 1 atom stereocenters. The van der Waals surface area contributed by atoms with Gasteiger partial charge in [-0.05, 0) is 12.2 Å². The second-order valence-electron chi connectivity index (χ2n) is 4.43. The van der Waals surface area contributed by atoms with Crippen molar-refractivity contribution in [3.8, 4) is 0 Å². The van der Waals surface area contributed by atoms with E-state index in [1.165, 1.54) is 0 Å². The van der Waals surface area contributed by atoms with Crippen LogP contribution in [0, 0.1) is 0 Å². The number of halogens is 1. The van der Waals surface area contributed by atoms with Crippen molar-refractivity contribution >= 4 is 11.6 Å². The van der Waals surface area contributed by atoms with Crippen molar-refractivity contribution in [3.63, 3.8) is 0 Å². The number of ether oxygens (including phenoxy) is 1. The smallest absolute Gasteiger partial charge is 0.124 e. The largest absolute Gasteiger partial charge is 0.396 e. The van der Waals surface area contributed by atoms with Gasteiger partial charge >= 0.3 is 0 Å². The lowest BCUT2D eigenvalue weighted by Gasteiger charge is -2.33. The van der Waals surface area contributed by atoms with Crippen molar-refractivity contribution < 1.29 is 9.84 Å². The van der Waals surface area contributed by atoms with Gasteiger partial charge in [-0.15, -0.1) is 0 Å². The Morgan fingerprint density at radius 1 is 1.59 bits per heavy atom. The van der Waals surface area contributed by atoms with Crippen LogP contribution < -0.4 is 16.4 Å². The molecule has 96 valence electrons. The van der Waals surface area contributed by atoms with E-state index >= 15 is 0 Å². The van der Waals surface area contributed by atoms with E-state index in [0.29, 0.717) is 44.1 Å². The number of nitrogens with two attached hydrogens (primary N) is 1. The number of dihydropyridines is 1. The molecule has 0 saturated carbocycles. The minimum absolute atomic E-state index is 0.269. The highest BCUT2D eigenvalue weighted by Gasteiger charge is 2.30. The molecular weight excluding hydrogens is 242 g/mol. The van der Waals surface area contributed by atoms with E-state index in [1.807, 2.05) is 0 Å². The molecule has 0 bridgehead atoms. The molecule has 6 heteroatoms. The summed E-state index contributed by atoms with van der Waals surface area (Å²) in [6.45, 7) is 1.63. The molecule has 0 aliphatic carbocycles. The van der Waals surface area contributed by atoms with E-state index in [-0.39, 0.29) is 5.50 Å². The predicted octanol–water partition coefficient (Wildman–Crippen LogP) is -0.0304. The van der Waals surface area contributed by atoms with Crippen molar-refractivity contribution in [3.05, 3.63) is 23.7 Å². The maximum absolute atomic E-state index is 10.3. The Kier molecular flexibility index (Phi) is 3.81. The number of hydrogen-bond donors (Lipinski definition) is 4. The van der Waals surface area contributed by atoms with Gasteiger partial charge in [-0.25, -0.2) is 0 Å². The lowest BCUT2D eigenvalue weighted by atomic mass is 9.94. The molecule has 1 unspecified atom stereocenters. The number of allylic oxidation sites excluding steroid dienone is 1. The van der Waals surface area contributed by atoms with Crippen LogP contribution in [0.15, 0.2) is 23.7 Å². The average molecular weight is 260 g/mol. The summed E-state index contributed by atoms with van der Waals surface area (Å²) >= 11 is 5.92. The number of rotatable bonds is 3. The monoisotopic (exact) mass is 259 g/mol. The Morgan fingerprint density at radius 3 is 3.00 bits per heavy atom. The number of aliphatic hydroxyl groups is 1. The maximum atomic E-state index is 10.3. The van der Waals surface area contributed by atoms with Gasteiger partial charge in [0, 0.05) is 32.6 Å². The topological polar surface area (TPSA) is 79.5 Å². The highest BCUT2D eigenvalue weighted by atomic mass is 35.5. The van der Waals surface area contributed by atoms with Gasteiger partial charge in [0.05, 0.1) is 11.3 Å². The molecule has 0 aromatic heterocycles. The van der Waals surface area contributed by atoms with Gasteiger partial charge in [-0.3, -0.25) is 0 Å². The minimum atomic E-state index is -0.726. The van der Waals surface area contributed by atoms with E-state index < -0.39 is 5.60 Å². The van der Waals surface area contributed by atoms with Crippen molar-refractivity contribution in [1.29, 1.82) is 0 Å². The Bertz CT molecular complexity index is 338. The van der Waals surface area contributed by atoms with Gasteiger partial charge in [-0.2, -0.15) is 0 Å². The number of alkyl halides is 1. The SMILES string of the molecule is NC1=C(NCC2(O)CCOCC2)NC(Cl)C=C1. The summed E-state index contributed by atoms with van der Waals surface area (Å²) < 4.78 is 5.22. The first-order valence-corrected chi connectivity index (χ1v) is 6.15. The molecule has 17 heavy (non-hydrogen) atoms. The van der Waals surface area contributed by atoms with E-state index in [9.17, 15) is 5.11 Å². The van der Waals surface area contributed by atoms with Crippen molar-refractivity contribution in [1.82, 2.24) is 10.6 Å². The van der Waals surface area contributed by atoms with Crippen molar-refractivity contribution in [2.75, 3.05) is 19.8 Å². The van der Waals surface area contributed by atoms with Gasteiger partial charge in [-0.1, -0.05) is 11.6 Å². The number of nitrogens with one attached hydrogen (secondary N) is 2. The first-order valence-electron chi connectivity index (χ1n) is 5.72. The zero-order valence-corrected chi connectivity index (χ0v) is 10.3. The summed E-state index contributed by atoms with van der Waals surface area (Å²) in [6.07, 6.45) is 4.79. The lowest BCUT2D eigenvalue weighted by molar-refractivity contribution is -0.0606. The van der Waals surface area contributed by atoms with Gasteiger partial charge in [0.25, 0.3) is 0 Å².